The molecule has 0 bridgehead atoms. The fourth-order valence-corrected chi connectivity index (χ4v) is 2.15. The number of carboxylic acid groups (broad SMARTS) is 1. The summed E-state index contributed by atoms with van der Waals surface area (Å²) in [4.78, 5) is 10.7. The number of hydrogen-bond acceptors (Lipinski definition) is 2. The number of carbonyl (C=O) groups is 1. The Morgan fingerprint density at radius 2 is 2.18 bits per heavy atom. The smallest absolute Gasteiger partial charge is 0.365 e. The van der Waals surface area contributed by atoms with Gasteiger partial charge in [-0.25, -0.2) is 4.79 Å². The lowest BCUT2D eigenvalue weighted by Gasteiger charge is -2.19. The van der Waals surface area contributed by atoms with Gasteiger partial charge in [-0.3, -0.25) is 0 Å². The van der Waals surface area contributed by atoms with Crippen molar-refractivity contribution >= 4 is 11.5 Å². The summed E-state index contributed by atoms with van der Waals surface area (Å²) in [6.07, 6.45) is 2.05. The van der Waals surface area contributed by atoms with Crippen molar-refractivity contribution in [2.45, 2.75) is 19.3 Å². The van der Waals surface area contributed by atoms with Crippen molar-refractivity contribution in [1.29, 1.82) is 0 Å². The summed E-state index contributed by atoms with van der Waals surface area (Å²) >= 11 is 0. The van der Waals surface area contributed by atoms with E-state index in [0.29, 0.717) is 23.3 Å². The predicted octanol–water partition coefficient (Wildman–Crippen LogP) is 2.80. The standard InChI is InChI=1S/C13H13FO3/c1-17-9-5-6-10-8(7-9)3-2-4-11(10)12(14)13(15)16/h5-7H,2-4H2,1H3,(H,15,16). The first-order valence-electron chi connectivity index (χ1n) is 5.42. The highest BCUT2D eigenvalue weighted by Gasteiger charge is 2.21. The Labute approximate surface area is 98.5 Å². The molecule has 0 spiro atoms. The highest BCUT2D eigenvalue weighted by atomic mass is 19.1. The van der Waals surface area contributed by atoms with Crippen LogP contribution in [-0.4, -0.2) is 18.2 Å². The van der Waals surface area contributed by atoms with Crippen LogP contribution in [0.15, 0.2) is 24.0 Å². The van der Waals surface area contributed by atoms with Crippen LogP contribution >= 0.6 is 0 Å². The van der Waals surface area contributed by atoms with E-state index in [-0.39, 0.29) is 0 Å². The van der Waals surface area contributed by atoms with Crippen molar-refractivity contribution in [3.05, 3.63) is 35.2 Å². The Bertz CT molecular complexity index is 491. The number of rotatable bonds is 2. The summed E-state index contributed by atoms with van der Waals surface area (Å²) in [5, 5.41) is 8.70. The molecule has 1 aromatic rings. The second-order valence-electron chi connectivity index (χ2n) is 3.97. The zero-order chi connectivity index (χ0) is 12.4. The topological polar surface area (TPSA) is 46.5 Å². The van der Waals surface area contributed by atoms with Crippen LogP contribution in [-0.2, 0) is 11.2 Å². The highest BCUT2D eigenvalue weighted by molar-refractivity contribution is 5.94. The highest BCUT2D eigenvalue weighted by Crippen LogP contribution is 2.35. The Hall–Kier alpha value is -1.84. The zero-order valence-electron chi connectivity index (χ0n) is 9.50. The van der Waals surface area contributed by atoms with E-state index in [1.807, 2.05) is 6.07 Å². The minimum absolute atomic E-state index is 0.293. The van der Waals surface area contributed by atoms with Crippen molar-refractivity contribution in [2.75, 3.05) is 7.11 Å². The maximum atomic E-state index is 13.5. The van der Waals surface area contributed by atoms with Crippen molar-refractivity contribution in [1.82, 2.24) is 0 Å². The van der Waals surface area contributed by atoms with E-state index in [9.17, 15) is 9.18 Å². The van der Waals surface area contributed by atoms with Gasteiger partial charge in [0.25, 0.3) is 0 Å². The summed E-state index contributed by atoms with van der Waals surface area (Å²) in [5.41, 5.74) is 1.93. The van der Waals surface area contributed by atoms with Gasteiger partial charge in [0.2, 0.25) is 5.83 Å². The number of carboxylic acids is 1. The minimum atomic E-state index is -1.50. The second-order valence-corrected chi connectivity index (χ2v) is 3.97. The fraction of sp³-hybridized carbons (Fsp3) is 0.308. The molecular formula is C13H13FO3. The summed E-state index contributed by atoms with van der Waals surface area (Å²) in [7, 11) is 1.57. The molecule has 0 atom stereocenters. The lowest BCUT2D eigenvalue weighted by atomic mass is 9.86. The number of benzene rings is 1. The zero-order valence-corrected chi connectivity index (χ0v) is 9.50. The van der Waals surface area contributed by atoms with Crippen LogP contribution in [0.25, 0.3) is 5.57 Å². The Kier molecular flexibility index (Phi) is 3.13. The maximum absolute atomic E-state index is 13.5. The molecule has 1 aliphatic rings. The lowest BCUT2D eigenvalue weighted by molar-refractivity contribution is -0.134. The number of halogens is 1. The summed E-state index contributed by atoms with van der Waals surface area (Å²) < 4.78 is 18.6. The van der Waals surface area contributed by atoms with Crippen LogP contribution in [0.4, 0.5) is 4.39 Å². The van der Waals surface area contributed by atoms with Crippen molar-refractivity contribution in [3.8, 4) is 5.75 Å². The molecule has 3 nitrogen and oxygen atoms in total. The Morgan fingerprint density at radius 1 is 1.41 bits per heavy atom. The molecular weight excluding hydrogens is 223 g/mol. The van der Waals surface area contributed by atoms with E-state index < -0.39 is 11.8 Å². The number of hydrogen-bond donors (Lipinski definition) is 1. The molecule has 1 N–H and O–H groups in total. The number of allylic oxidation sites excluding steroid dienone is 1. The number of aryl methyl sites for hydroxylation is 1. The third-order valence-corrected chi connectivity index (χ3v) is 2.96. The van der Waals surface area contributed by atoms with Gasteiger partial charge in [-0.2, -0.15) is 4.39 Å². The lowest BCUT2D eigenvalue weighted by Crippen LogP contribution is -2.07. The van der Waals surface area contributed by atoms with Crippen LogP contribution < -0.4 is 4.74 Å². The van der Waals surface area contributed by atoms with Crippen molar-refractivity contribution in [2.24, 2.45) is 0 Å². The van der Waals surface area contributed by atoms with Crippen molar-refractivity contribution < 1.29 is 19.0 Å². The summed E-state index contributed by atoms with van der Waals surface area (Å²) in [6.45, 7) is 0. The molecule has 17 heavy (non-hydrogen) atoms. The molecule has 4 heteroatoms. The van der Waals surface area contributed by atoms with E-state index in [1.165, 1.54) is 0 Å². The molecule has 0 aromatic heterocycles. The van der Waals surface area contributed by atoms with Crippen LogP contribution in [0, 0.1) is 0 Å². The molecule has 1 aliphatic carbocycles. The SMILES string of the molecule is COc1ccc2c(c1)CCCC2=C(F)C(=O)O. The van der Waals surface area contributed by atoms with Gasteiger partial charge in [0.1, 0.15) is 5.75 Å². The molecule has 0 saturated carbocycles. The van der Waals surface area contributed by atoms with E-state index in [2.05, 4.69) is 0 Å². The van der Waals surface area contributed by atoms with Gasteiger partial charge in [-0.15, -0.1) is 0 Å². The van der Waals surface area contributed by atoms with Crippen LogP contribution in [0.3, 0.4) is 0 Å². The van der Waals surface area contributed by atoms with Gasteiger partial charge in [0.15, 0.2) is 0 Å². The number of methoxy groups -OCH3 is 1. The van der Waals surface area contributed by atoms with E-state index in [0.717, 1.165) is 18.4 Å². The van der Waals surface area contributed by atoms with E-state index >= 15 is 0 Å². The van der Waals surface area contributed by atoms with Crippen LogP contribution in [0.2, 0.25) is 0 Å². The predicted molar refractivity (Wildman–Crippen MR) is 61.6 cm³/mol. The molecule has 0 heterocycles. The molecule has 90 valence electrons. The van der Waals surface area contributed by atoms with Gasteiger partial charge in [0, 0.05) is 5.57 Å². The van der Waals surface area contributed by atoms with E-state index in [1.54, 1.807) is 19.2 Å². The number of ether oxygens (including phenoxy) is 1. The molecule has 0 unspecified atom stereocenters. The largest absolute Gasteiger partial charge is 0.497 e. The molecule has 0 amide bonds. The van der Waals surface area contributed by atoms with Crippen molar-refractivity contribution in [3.63, 3.8) is 0 Å². The normalized spacial score (nSPS) is 17.3. The van der Waals surface area contributed by atoms with Gasteiger partial charge in [-0.1, -0.05) is 6.07 Å². The second kappa shape index (κ2) is 4.57. The monoisotopic (exact) mass is 236 g/mol. The minimum Gasteiger partial charge on any atom is -0.497 e. The Balaban J connectivity index is 2.52. The van der Waals surface area contributed by atoms with Gasteiger partial charge in [0.05, 0.1) is 7.11 Å². The van der Waals surface area contributed by atoms with Gasteiger partial charge in [-0.05, 0) is 42.5 Å². The van der Waals surface area contributed by atoms with Crippen LogP contribution in [0.1, 0.15) is 24.0 Å². The summed E-state index contributed by atoms with van der Waals surface area (Å²) in [5.74, 6) is -1.83. The number of aliphatic carboxylic acids is 1. The third-order valence-electron chi connectivity index (χ3n) is 2.96. The third kappa shape index (κ3) is 2.16. The fourth-order valence-electron chi connectivity index (χ4n) is 2.15. The van der Waals surface area contributed by atoms with Gasteiger partial charge < -0.3 is 9.84 Å². The first kappa shape index (κ1) is 11.6. The molecule has 0 aliphatic heterocycles. The van der Waals surface area contributed by atoms with Crippen LogP contribution in [0.5, 0.6) is 5.75 Å². The quantitative estimate of drug-likeness (QED) is 0.803. The van der Waals surface area contributed by atoms with Gasteiger partial charge >= 0.3 is 5.97 Å². The van der Waals surface area contributed by atoms with E-state index in [4.69, 9.17) is 9.84 Å². The molecule has 1 aromatic carbocycles. The average molecular weight is 236 g/mol. The molecule has 0 saturated heterocycles. The average Bonchev–Trinajstić information content (AvgIpc) is 2.36. The first-order valence-corrected chi connectivity index (χ1v) is 5.42. The summed E-state index contributed by atoms with van der Waals surface area (Å²) in [6, 6.07) is 5.29. The Morgan fingerprint density at radius 3 is 2.82 bits per heavy atom. The first-order chi connectivity index (χ1) is 8.13. The maximum Gasteiger partial charge on any atom is 0.365 e. The molecule has 0 radical (unpaired) electrons. The molecule has 0 fully saturated rings. The number of fused-ring (bicyclic) bond motifs is 1. The molecule has 2 rings (SSSR count).